The van der Waals surface area contributed by atoms with Crippen molar-refractivity contribution in [1.82, 2.24) is 4.90 Å². The zero-order valence-corrected chi connectivity index (χ0v) is 5.99. The van der Waals surface area contributed by atoms with Gasteiger partial charge in [0.25, 0.3) is 0 Å². The van der Waals surface area contributed by atoms with Gasteiger partial charge >= 0.3 is 0 Å². The van der Waals surface area contributed by atoms with E-state index in [1.165, 1.54) is 5.71 Å². The van der Waals surface area contributed by atoms with Crippen LogP contribution in [-0.2, 0) is 0 Å². The highest BCUT2D eigenvalue weighted by Gasteiger charge is 2.19. The van der Waals surface area contributed by atoms with Crippen molar-refractivity contribution < 1.29 is 0 Å². The summed E-state index contributed by atoms with van der Waals surface area (Å²) in [5.74, 6) is 0. The molecule has 0 fully saturated rings. The Balaban J connectivity index is 2.24. The second-order valence-corrected chi connectivity index (χ2v) is 2.68. The van der Waals surface area contributed by atoms with Gasteiger partial charge in [0.05, 0.1) is 6.54 Å². The van der Waals surface area contributed by atoms with E-state index in [0.29, 0.717) is 6.17 Å². The van der Waals surface area contributed by atoms with Crippen LogP contribution < -0.4 is 0 Å². The van der Waals surface area contributed by atoms with Crippen molar-refractivity contribution in [3.05, 3.63) is 24.4 Å². The first-order chi connectivity index (χ1) is 4.86. The van der Waals surface area contributed by atoms with Gasteiger partial charge in [-0.1, -0.05) is 6.08 Å². The molecule has 0 aromatic carbocycles. The SMILES string of the molecule is CC1=NC2C=CC=CN2C1. The van der Waals surface area contributed by atoms with E-state index >= 15 is 0 Å². The minimum Gasteiger partial charge on any atom is -0.347 e. The zero-order valence-electron chi connectivity index (χ0n) is 5.99. The van der Waals surface area contributed by atoms with Crippen LogP contribution in [0, 0.1) is 0 Å². The number of aliphatic imine (C=N–C) groups is 1. The summed E-state index contributed by atoms with van der Waals surface area (Å²) in [6, 6.07) is 0. The van der Waals surface area contributed by atoms with Gasteiger partial charge in [0.2, 0.25) is 0 Å². The quantitative estimate of drug-likeness (QED) is 0.485. The zero-order chi connectivity index (χ0) is 6.97. The number of nitrogens with zero attached hydrogens (tertiary/aromatic N) is 2. The third-order valence-corrected chi connectivity index (χ3v) is 1.78. The molecule has 0 bridgehead atoms. The summed E-state index contributed by atoms with van der Waals surface area (Å²) in [6.07, 6.45) is 8.58. The molecule has 2 aliphatic rings. The van der Waals surface area contributed by atoms with E-state index in [4.69, 9.17) is 0 Å². The summed E-state index contributed by atoms with van der Waals surface area (Å²) in [4.78, 5) is 6.63. The molecule has 0 saturated heterocycles. The number of allylic oxidation sites excluding steroid dienone is 2. The maximum absolute atomic E-state index is 4.42. The first-order valence-corrected chi connectivity index (χ1v) is 3.50. The van der Waals surface area contributed by atoms with E-state index < -0.39 is 0 Å². The second-order valence-electron chi connectivity index (χ2n) is 2.68. The predicted molar refractivity (Wildman–Crippen MR) is 41.9 cm³/mol. The van der Waals surface area contributed by atoms with Crippen molar-refractivity contribution in [2.75, 3.05) is 6.54 Å². The van der Waals surface area contributed by atoms with Gasteiger partial charge < -0.3 is 4.90 Å². The maximum Gasteiger partial charge on any atom is 0.140 e. The molecule has 0 N–H and O–H groups in total. The Labute approximate surface area is 60.6 Å². The van der Waals surface area contributed by atoms with Crippen LogP contribution >= 0.6 is 0 Å². The smallest absolute Gasteiger partial charge is 0.140 e. The lowest BCUT2D eigenvalue weighted by atomic mass is 10.3. The normalized spacial score (nSPS) is 28.7. The van der Waals surface area contributed by atoms with Crippen LogP contribution in [0.15, 0.2) is 29.4 Å². The fourth-order valence-corrected chi connectivity index (χ4v) is 1.32. The van der Waals surface area contributed by atoms with Crippen molar-refractivity contribution in [1.29, 1.82) is 0 Å². The molecule has 0 aromatic rings. The van der Waals surface area contributed by atoms with Gasteiger partial charge in [-0.15, -0.1) is 0 Å². The molecule has 2 nitrogen and oxygen atoms in total. The topological polar surface area (TPSA) is 15.6 Å². The molecule has 2 heterocycles. The summed E-state index contributed by atoms with van der Waals surface area (Å²) in [5.41, 5.74) is 1.22. The van der Waals surface area contributed by atoms with Gasteiger partial charge in [0.15, 0.2) is 0 Å². The van der Waals surface area contributed by atoms with Crippen LogP contribution in [0.25, 0.3) is 0 Å². The second kappa shape index (κ2) is 1.97. The third-order valence-electron chi connectivity index (χ3n) is 1.78. The Hall–Kier alpha value is -1.05. The fraction of sp³-hybridized carbons (Fsp3) is 0.375. The summed E-state index contributed by atoms with van der Waals surface area (Å²) < 4.78 is 0. The molecule has 0 amide bonds. The highest BCUT2D eigenvalue weighted by atomic mass is 15.3. The molecule has 0 spiro atoms. The van der Waals surface area contributed by atoms with Crippen LogP contribution in [0.2, 0.25) is 0 Å². The van der Waals surface area contributed by atoms with E-state index in [0.717, 1.165) is 6.54 Å². The Bertz CT molecular complexity index is 225. The van der Waals surface area contributed by atoms with Crippen LogP contribution in [-0.4, -0.2) is 23.3 Å². The van der Waals surface area contributed by atoms with Crippen molar-refractivity contribution in [3.8, 4) is 0 Å². The molecule has 0 aromatic heterocycles. The summed E-state index contributed by atoms with van der Waals surface area (Å²) in [6.45, 7) is 3.06. The monoisotopic (exact) mass is 134 g/mol. The minimum absolute atomic E-state index is 0.296. The lowest BCUT2D eigenvalue weighted by Crippen LogP contribution is -2.24. The van der Waals surface area contributed by atoms with Crippen LogP contribution in [0.1, 0.15) is 6.92 Å². The fourth-order valence-electron chi connectivity index (χ4n) is 1.32. The molecule has 0 radical (unpaired) electrons. The molecular weight excluding hydrogens is 124 g/mol. The molecule has 2 aliphatic heterocycles. The molecule has 0 saturated carbocycles. The Morgan fingerprint density at radius 3 is 3.30 bits per heavy atom. The largest absolute Gasteiger partial charge is 0.347 e. The van der Waals surface area contributed by atoms with Gasteiger partial charge in [0, 0.05) is 11.9 Å². The van der Waals surface area contributed by atoms with Gasteiger partial charge in [-0.3, -0.25) is 4.99 Å². The average Bonchev–Trinajstić information content (AvgIpc) is 2.27. The molecule has 10 heavy (non-hydrogen) atoms. The van der Waals surface area contributed by atoms with Crippen molar-refractivity contribution in [2.45, 2.75) is 13.1 Å². The van der Waals surface area contributed by atoms with E-state index in [2.05, 4.69) is 29.1 Å². The van der Waals surface area contributed by atoms with Crippen LogP contribution in [0.5, 0.6) is 0 Å². The van der Waals surface area contributed by atoms with Crippen molar-refractivity contribution >= 4 is 5.71 Å². The number of rotatable bonds is 0. The highest BCUT2D eigenvalue weighted by molar-refractivity contribution is 5.86. The van der Waals surface area contributed by atoms with Gasteiger partial charge in [-0.05, 0) is 19.1 Å². The minimum atomic E-state index is 0.296. The summed E-state index contributed by atoms with van der Waals surface area (Å²) in [5, 5.41) is 0. The van der Waals surface area contributed by atoms with Gasteiger partial charge in [-0.2, -0.15) is 0 Å². The van der Waals surface area contributed by atoms with Crippen LogP contribution in [0.3, 0.4) is 0 Å². The van der Waals surface area contributed by atoms with Gasteiger partial charge in [0.1, 0.15) is 6.17 Å². The molecule has 1 atom stereocenters. The molecule has 52 valence electrons. The number of hydrogen-bond donors (Lipinski definition) is 0. The maximum atomic E-state index is 4.42. The average molecular weight is 134 g/mol. The lowest BCUT2D eigenvalue weighted by molar-refractivity contribution is 0.393. The number of hydrogen-bond acceptors (Lipinski definition) is 2. The first kappa shape index (κ1) is 5.71. The summed E-state index contributed by atoms with van der Waals surface area (Å²) in [7, 11) is 0. The predicted octanol–water partition coefficient (Wildman–Crippen LogP) is 1.17. The van der Waals surface area contributed by atoms with Gasteiger partial charge in [-0.25, -0.2) is 0 Å². The molecule has 1 unspecified atom stereocenters. The molecular formula is C8H10N2. The van der Waals surface area contributed by atoms with Crippen molar-refractivity contribution in [2.24, 2.45) is 4.99 Å². The summed E-state index contributed by atoms with van der Waals surface area (Å²) >= 11 is 0. The molecule has 2 rings (SSSR count). The third kappa shape index (κ3) is 0.764. The Morgan fingerprint density at radius 1 is 1.60 bits per heavy atom. The van der Waals surface area contributed by atoms with E-state index in [1.54, 1.807) is 0 Å². The first-order valence-electron chi connectivity index (χ1n) is 3.50. The Morgan fingerprint density at radius 2 is 2.50 bits per heavy atom. The molecule has 2 heteroatoms. The standard InChI is InChI=1S/C8H10N2/c1-7-6-10-5-3-2-4-8(10)9-7/h2-5,8H,6H2,1H3. The van der Waals surface area contributed by atoms with Crippen molar-refractivity contribution in [3.63, 3.8) is 0 Å². The van der Waals surface area contributed by atoms with E-state index in [9.17, 15) is 0 Å². The van der Waals surface area contributed by atoms with E-state index in [-0.39, 0.29) is 0 Å². The highest BCUT2D eigenvalue weighted by Crippen LogP contribution is 2.15. The number of fused-ring (bicyclic) bond motifs is 1. The van der Waals surface area contributed by atoms with Crippen LogP contribution in [0.4, 0.5) is 0 Å². The van der Waals surface area contributed by atoms with E-state index in [1.807, 2.05) is 12.2 Å². The lowest BCUT2D eigenvalue weighted by Gasteiger charge is -2.19. The Kier molecular flexibility index (Phi) is 1.13. The molecule has 0 aliphatic carbocycles.